The second-order valence-corrected chi connectivity index (χ2v) is 7.09. The molecule has 0 saturated heterocycles. The molecule has 4 aromatic rings. The molecule has 0 aliphatic heterocycles. The van der Waals surface area contributed by atoms with E-state index in [0.29, 0.717) is 13.1 Å². The van der Waals surface area contributed by atoms with Crippen LogP contribution in [0.4, 0.5) is 4.39 Å². The van der Waals surface area contributed by atoms with E-state index in [9.17, 15) is 9.18 Å². The maximum atomic E-state index is 13.1. The van der Waals surface area contributed by atoms with Gasteiger partial charge in [0.25, 0.3) is 0 Å². The number of nitrogens with one attached hydrogen (secondary N) is 1. The minimum atomic E-state index is -0.260. The Hall–Kier alpha value is -2.93. The Morgan fingerprint density at radius 3 is 2.65 bits per heavy atom. The van der Waals surface area contributed by atoms with Crippen molar-refractivity contribution >= 4 is 22.2 Å². The fourth-order valence-electron chi connectivity index (χ4n) is 2.79. The molecule has 0 spiro atoms. The molecule has 0 radical (unpaired) electrons. The Balaban J connectivity index is 1.48. The van der Waals surface area contributed by atoms with E-state index in [4.69, 9.17) is 0 Å². The molecule has 4 rings (SSSR count). The Morgan fingerprint density at radius 2 is 1.96 bits per heavy atom. The maximum Gasteiger partial charge on any atom is 0.240 e. The standard InChI is InChI=1S/C19H17FN4OS/c1-13-17(10-21-18(25)12-23-8-2-3-9-23)26-19-22-16(11-24(13)19)14-4-6-15(20)7-5-14/h2-9,11H,10,12H2,1H3,(H,21,25). The largest absolute Gasteiger partial charge is 0.350 e. The molecule has 0 unspecified atom stereocenters. The van der Waals surface area contributed by atoms with Crippen LogP contribution in [0.5, 0.6) is 0 Å². The number of imidazole rings is 1. The molecule has 0 atom stereocenters. The molecule has 1 aromatic carbocycles. The van der Waals surface area contributed by atoms with E-state index in [-0.39, 0.29) is 11.7 Å². The van der Waals surface area contributed by atoms with Crippen molar-refractivity contribution in [1.82, 2.24) is 19.3 Å². The van der Waals surface area contributed by atoms with Crippen LogP contribution < -0.4 is 5.32 Å². The van der Waals surface area contributed by atoms with Crippen molar-refractivity contribution in [3.63, 3.8) is 0 Å². The topological polar surface area (TPSA) is 51.3 Å². The number of fused-ring (bicyclic) bond motifs is 1. The molecule has 26 heavy (non-hydrogen) atoms. The first-order valence-corrected chi connectivity index (χ1v) is 9.02. The smallest absolute Gasteiger partial charge is 0.240 e. The minimum absolute atomic E-state index is 0.0290. The predicted octanol–water partition coefficient (Wildman–Crippen LogP) is 3.63. The van der Waals surface area contributed by atoms with Crippen molar-refractivity contribution in [3.8, 4) is 11.3 Å². The first kappa shape index (κ1) is 16.5. The van der Waals surface area contributed by atoms with Gasteiger partial charge >= 0.3 is 0 Å². The molecule has 0 bridgehead atoms. The zero-order valence-electron chi connectivity index (χ0n) is 14.1. The van der Waals surface area contributed by atoms with Crippen LogP contribution in [0, 0.1) is 12.7 Å². The van der Waals surface area contributed by atoms with E-state index in [1.807, 2.05) is 46.6 Å². The molecular weight excluding hydrogens is 351 g/mol. The average molecular weight is 368 g/mol. The second-order valence-electron chi connectivity index (χ2n) is 6.03. The highest BCUT2D eigenvalue weighted by Crippen LogP contribution is 2.27. The number of carbonyl (C=O) groups excluding carboxylic acids is 1. The van der Waals surface area contributed by atoms with E-state index in [1.165, 1.54) is 12.1 Å². The fourth-order valence-corrected chi connectivity index (χ4v) is 3.84. The second kappa shape index (κ2) is 6.76. The van der Waals surface area contributed by atoms with E-state index < -0.39 is 0 Å². The van der Waals surface area contributed by atoms with Crippen molar-refractivity contribution in [2.24, 2.45) is 0 Å². The van der Waals surface area contributed by atoms with Crippen LogP contribution in [-0.4, -0.2) is 19.9 Å². The monoisotopic (exact) mass is 368 g/mol. The molecule has 3 aromatic heterocycles. The third-order valence-corrected chi connectivity index (χ3v) is 5.39. The number of hydrogen-bond donors (Lipinski definition) is 1. The van der Waals surface area contributed by atoms with Gasteiger partial charge in [-0.3, -0.25) is 9.20 Å². The van der Waals surface area contributed by atoms with Crippen LogP contribution in [0.3, 0.4) is 0 Å². The van der Waals surface area contributed by atoms with Crippen molar-refractivity contribution in [2.75, 3.05) is 0 Å². The average Bonchev–Trinajstić information content (AvgIpc) is 3.33. The number of nitrogens with zero attached hydrogens (tertiary/aromatic N) is 3. The number of hydrogen-bond acceptors (Lipinski definition) is 3. The van der Waals surface area contributed by atoms with E-state index in [2.05, 4.69) is 10.3 Å². The summed E-state index contributed by atoms with van der Waals surface area (Å²) in [6.45, 7) is 2.79. The number of thiazole rings is 1. The Bertz CT molecular complexity index is 1050. The van der Waals surface area contributed by atoms with Gasteiger partial charge in [-0.1, -0.05) is 11.3 Å². The molecule has 3 heterocycles. The molecule has 5 nitrogen and oxygen atoms in total. The highest BCUT2D eigenvalue weighted by Gasteiger charge is 2.13. The minimum Gasteiger partial charge on any atom is -0.350 e. The van der Waals surface area contributed by atoms with E-state index in [1.54, 1.807) is 23.5 Å². The van der Waals surface area contributed by atoms with Crippen molar-refractivity contribution in [1.29, 1.82) is 0 Å². The molecule has 0 aliphatic rings. The number of rotatable bonds is 5. The molecule has 1 N–H and O–H groups in total. The van der Waals surface area contributed by atoms with Crippen LogP contribution in [0.1, 0.15) is 10.6 Å². The quantitative estimate of drug-likeness (QED) is 0.585. The molecule has 0 saturated carbocycles. The predicted molar refractivity (Wildman–Crippen MR) is 99.5 cm³/mol. The third-order valence-electron chi connectivity index (χ3n) is 4.23. The summed E-state index contributed by atoms with van der Waals surface area (Å²) in [5, 5.41) is 2.95. The van der Waals surface area contributed by atoms with Gasteiger partial charge in [0.1, 0.15) is 12.4 Å². The number of carbonyl (C=O) groups is 1. The van der Waals surface area contributed by atoms with Gasteiger partial charge in [0.2, 0.25) is 5.91 Å². The molecule has 0 fully saturated rings. The van der Waals surface area contributed by atoms with Crippen molar-refractivity contribution in [2.45, 2.75) is 20.0 Å². The van der Waals surface area contributed by atoms with Crippen molar-refractivity contribution < 1.29 is 9.18 Å². The third kappa shape index (κ3) is 3.25. The van der Waals surface area contributed by atoms with Crippen LogP contribution in [0.25, 0.3) is 16.2 Å². The summed E-state index contributed by atoms with van der Waals surface area (Å²) in [7, 11) is 0. The van der Waals surface area contributed by atoms with Crippen LogP contribution in [0.15, 0.2) is 55.0 Å². The van der Waals surface area contributed by atoms with Gasteiger partial charge in [0, 0.05) is 34.7 Å². The lowest BCUT2D eigenvalue weighted by atomic mass is 10.2. The Labute approximate surface area is 153 Å². The molecule has 1 amide bonds. The van der Waals surface area contributed by atoms with Crippen LogP contribution in [0.2, 0.25) is 0 Å². The number of benzene rings is 1. The summed E-state index contributed by atoms with van der Waals surface area (Å²) in [6.07, 6.45) is 5.67. The maximum absolute atomic E-state index is 13.1. The SMILES string of the molecule is Cc1c(CNC(=O)Cn2cccc2)sc2nc(-c3ccc(F)cc3)cn12. The zero-order chi connectivity index (χ0) is 18.1. The summed E-state index contributed by atoms with van der Waals surface area (Å²) in [4.78, 5) is 18.6. The molecule has 132 valence electrons. The number of amides is 1. The van der Waals surface area contributed by atoms with Gasteiger partial charge in [0.15, 0.2) is 4.96 Å². The summed E-state index contributed by atoms with van der Waals surface area (Å²) < 4.78 is 16.9. The summed E-state index contributed by atoms with van der Waals surface area (Å²) in [6, 6.07) is 10.1. The number of aromatic nitrogens is 3. The van der Waals surface area contributed by atoms with Gasteiger partial charge in [-0.15, -0.1) is 0 Å². The molecule has 7 heteroatoms. The molecular formula is C19H17FN4OS. The number of halogens is 1. The summed E-state index contributed by atoms with van der Waals surface area (Å²) in [5.41, 5.74) is 2.73. The van der Waals surface area contributed by atoms with Gasteiger partial charge in [-0.2, -0.15) is 0 Å². The van der Waals surface area contributed by atoms with Gasteiger partial charge in [-0.05, 0) is 43.3 Å². The van der Waals surface area contributed by atoms with Gasteiger partial charge in [0.05, 0.1) is 12.2 Å². The van der Waals surface area contributed by atoms with Crippen LogP contribution in [-0.2, 0) is 17.9 Å². The fraction of sp³-hybridized carbons (Fsp3) is 0.158. The zero-order valence-corrected chi connectivity index (χ0v) is 15.0. The number of aryl methyl sites for hydroxylation is 1. The van der Waals surface area contributed by atoms with E-state index >= 15 is 0 Å². The summed E-state index contributed by atoms with van der Waals surface area (Å²) >= 11 is 1.55. The lowest BCUT2D eigenvalue weighted by Crippen LogP contribution is -2.26. The lowest BCUT2D eigenvalue weighted by molar-refractivity contribution is -0.121. The van der Waals surface area contributed by atoms with Crippen molar-refractivity contribution in [3.05, 3.63) is 71.4 Å². The highest BCUT2D eigenvalue weighted by molar-refractivity contribution is 7.17. The molecule has 0 aliphatic carbocycles. The van der Waals surface area contributed by atoms with Gasteiger partial charge < -0.3 is 9.88 Å². The van der Waals surface area contributed by atoms with Gasteiger partial charge in [-0.25, -0.2) is 9.37 Å². The lowest BCUT2D eigenvalue weighted by Gasteiger charge is -2.05. The summed E-state index contributed by atoms with van der Waals surface area (Å²) in [5.74, 6) is -0.289. The highest BCUT2D eigenvalue weighted by atomic mass is 32.1. The Morgan fingerprint density at radius 1 is 1.23 bits per heavy atom. The van der Waals surface area contributed by atoms with Crippen LogP contribution >= 0.6 is 11.3 Å². The first-order chi connectivity index (χ1) is 12.6. The Kier molecular flexibility index (Phi) is 4.30. The first-order valence-electron chi connectivity index (χ1n) is 8.21. The van der Waals surface area contributed by atoms with E-state index in [0.717, 1.165) is 26.8 Å². The normalized spacial score (nSPS) is 11.2.